The molecule has 0 spiro atoms. The van der Waals surface area contributed by atoms with E-state index in [1.54, 1.807) is 79.3 Å². The Morgan fingerprint density at radius 2 is 1.34 bits per heavy atom. The van der Waals surface area contributed by atoms with Crippen molar-refractivity contribution >= 4 is 70.8 Å². The third kappa shape index (κ3) is 9.57. The van der Waals surface area contributed by atoms with Crippen LogP contribution in [0.2, 0.25) is 0 Å². The van der Waals surface area contributed by atoms with E-state index >= 15 is 0 Å². The summed E-state index contributed by atoms with van der Waals surface area (Å²) >= 11 is 1.48. The highest BCUT2D eigenvalue weighted by molar-refractivity contribution is 7.99. The van der Waals surface area contributed by atoms with Crippen LogP contribution in [0.4, 0.5) is 13.2 Å². The summed E-state index contributed by atoms with van der Waals surface area (Å²) in [6.45, 7) is 0.375. The van der Waals surface area contributed by atoms with Gasteiger partial charge in [-0.25, -0.2) is 21.8 Å². The van der Waals surface area contributed by atoms with Crippen molar-refractivity contribution in [3.05, 3.63) is 193 Å². The second kappa shape index (κ2) is 18.6. The molecule has 7 heterocycles. The van der Waals surface area contributed by atoms with Crippen LogP contribution in [0.3, 0.4) is 0 Å². The minimum absolute atomic E-state index is 0.0249. The van der Waals surface area contributed by atoms with E-state index in [-0.39, 0.29) is 50.0 Å². The van der Waals surface area contributed by atoms with Gasteiger partial charge in [0, 0.05) is 60.4 Å². The van der Waals surface area contributed by atoms with Crippen LogP contribution in [0.25, 0.3) is 27.5 Å². The maximum absolute atomic E-state index is 13.5. The fraction of sp³-hybridized carbons (Fsp3) is 0.0600. The average Bonchev–Trinajstić information content (AvgIpc) is 4.14. The Morgan fingerprint density at radius 3 is 2.06 bits per heavy atom. The predicted octanol–water partition coefficient (Wildman–Crippen LogP) is 9.84. The van der Waals surface area contributed by atoms with Gasteiger partial charge in [-0.3, -0.25) is 19.6 Å². The van der Waals surface area contributed by atoms with E-state index in [9.17, 15) is 39.6 Å². The van der Waals surface area contributed by atoms with E-state index < -0.39 is 37.5 Å². The molecule has 3 N–H and O–H groups in total. The van der Waals surface area contributed by atoms with Crippen molar-refractivity contribution in [3.8, 4) is 11.5 Å². The van der Waals surface area contributed by atoms with Gasteiger partial charge in [-0.15, -0.1) is 0 Å². The number of hydrogen-bond acceptors (Lipinski definition) is 12. The Bertz CT molecular complexity index is 3850. The summed E-state index contributed by atoms with van der Waals surface area (Å²) in [5.41, 5.74) is 2.02. The quantitative estimate of drug-likeness (QED) is 0.117. The summed E-state index contributed by atoms with van der Waals surface area (Å²) in [7, 11) is -7.83. The van der Waals surface area contributed by atoms with Crippen molar-refractivity contribution in [3.63, 3.8) is 0 Å². The number of imidazole rings is 1. The zero-order valence-electron chi connectivity index (χ0n) is 36.4. The van der Waals surface area contributed by atoms with E-state index in [4.69, 9.17) is 9.15 Å². The number of aromatic nitrogens is 5. The molecule has 0 radical (unpaired) electrons. The molecule has 0 bridgehead atoms. The summed E-state index contributed by atoms with van der Waals surface area (Å²) in [6.07, 6.45) is 3.62. The van der Waals surface area contributed by atoms with Gasteiger partial charge in [0.1, 0.15) is 22.0 Å². The SMILES string of the molecule is O=C(NCc1ccc(S(=O)(=O)c2ccc3nc(C(F)(F)F)cn3c2)cc1)c1cc2ccncc2o1.O=C(NCc1ccc(S(=O)(=O)c2cccc3c2Oc2ccccc2S3)cc1)c1cc2cnccc2[nH]1. The van der Waals surface area contributed by atoms with Crippen LogP contribution < -0.4 is 15.4 Å². The Kier molecular flexibility index (Phi) is 12.2. The molecule has 0 aliphatic carbocycles. The zero-order chi connectivity index (χ0) is 49.5. The number of furan rings is 1. The Hall–Kier alpha value is -8.27. The average molecular weight is 1010 g/mol. The highest BCUT2D eigenvalue weighted by Crippen LogP contribution is 2.50. The molecule has 0 unspecified atom stereocenters. The molecule has 356 valence electrons. The van der Waals surface area contributed by atoms with Crippen LogP contribution in [0.15, 0.2) is 198 Å². The third-order valence-electron chi connectivity index (χ3n) is 11.1. The largest absolute Gasteiger partial charge is 0.454 e. The number of rotatable bonds is 10. The number of nitrogens with one attached hydrogen (secondary N) is 3. The molecule has 10 aromatic rings. The molecular formula is C50H34F3N7O8S3. The predicted molar refractivity (Wildman–Crippen MR) is 254 cm³/mol. The first-order valence-electron chi connectivity index (χ1n) is 21.2. The van der Waals surface area contributed by atoms with Crippen molar-refractivity contribution in [2.24, 2.45) is 0 Å². The smallest absolute Gasteiger partial charge is 0.434 e. The Morgan fingerprint density at radius 1 is 0.676 bits per heavy atom. The molecule has 11 rings (SSSR count). The summed E-state index contributed by atoms with van der Waals surface area (Å²) in [5, 5.41) is 7.14. The first-order valence-corrected chi connectivity index (χ1v) is 25.0. The fourth-order valence-corrected chi connectivity index (χ4v) is 11.2. The number of hydrogen-bond donors (Lipinski definition) is 3. The number of halogens is 3. The molecule has 15 nitrogen and oxygen atoms in total. The van der Waals surface area contributed by atoms with Gasteiger partial charge in [-0.2, -0.15) is 13.2 Å². The van der Waals surface area contributed by atoms with Gasteiger partial charge < -0.3 is 29.2 Å². The van der Waals surface area contributed by atoms with Crippen molar-refractivity contribution in [2.75, 3.05) is 0 Å². The number of carbonyl (C=O) groups excluding carboxylic acids is 2. The number of benzene rings is 4. The van der Waals surface area contributed by atoms with Crippen molar-refractivity contribution in [2.45, 2.75) is 48.6 Å². The monoisotopic (exact) mass is 1010 g/mol. The lowest BCUT2D eigenvalue weighted by Gasteiger charge is -2.21. The van der Waals surface area contributed by atoms with Gasteiger partial charge >= 0.3 is 6.18 Å². The molecule has 0 saturated carbocycles. The number of sulfone groups is 2. The minimum Gasteiger partial charge on any atom is -0.454 e. The van der Waals surface area contributed by atoms with Gasteiger partial charge in [0.25, 0.3) is 11.8 Å². The summed E-state index contributed by atoms with van der Waals surface area (Å²) < 4.78 is 104. The first-order chi connectivity index (χ1) is 34.1. The Balaban J connectivity index is 0.000000164. The number of nitrogens with zero attached hydrogens (tertiary/aromatic N) is 4. The summed E-state index contributed by atoms with van der Waals surface area (Å²) in [4.78, 5) is 41.2. The minimum atomic E-state index is -4.64. The van der Waals surface area contributed by atoms with Gasteiger partial charge in [0.15, 0.2) is 22.8 Å². The van der Waals surface area contributed by atoms with E-state index in [1.165, 1.54) is 54.4 Å². The lowest BCUT2D eigenvalue weighted by atomic mass is 10.2. The molecule has 1 aliphatic heterocycles. The molecule has 0 fully saturated rings. The lowest BCUT2D eigenvalue weighted by molar-refractivity contribution is -0.140. The molecule has 6 aromatic heterocycles. The van der Waals surface area contributed by atoms with Crippen LogP contribution in [-0.4, -0.2) is 53.0 Å². The van der Waals surface area contributed by atoms with Crippen molar-refractivity contribution in [1.82, 2.24) is 35.0 Å². The molecule has 1 aliphatic rings. The third-order valence-corrected chi connectivity index (χ3v) is 15.8. The van der Waals surface area contributed by atoms with Crippen LogP contribution in [0.1, 0.15) is 37.9 Å². The van der Waals surface area contributed by atoms with Gasteiger partial charge in [0.05, 0.1) is 30.7 Å². The number of para-hydroxylation sites is 2. The molecule has 21 heteroatoms. The zero-order valence-corrected chi connectivity index (χ0v) is 38.9. The standard InChI is InChI=1S/C27H19N3O4S2.C23H15F3N4O4S/c31-27(21-14-18-16-28-13-12-20(18)30-21)29-15-17-8-10-19(11-9-17)36(32,33)25-7-3-6-24-26(25)34-22-4-1-2-5-23(22)35-24;24-23(25,26)20-13-30-12-17(5-6-21(30)29-20)35(32,33)16-3-1-14(2-4-16)10-28-22(31)18-9-15-7-8-27-11-19(15)34-18/h1-14,16,30H,15H2,(H,29,31);1-9,11-13H,10H2,(H,28,31). The van der Waals surface area contributed by atoms with Gasteiger partial charge in [0.2, 0.25) is 19.7 Å². The highest BCUT2D eigenvalue weighted by Gasteiger charge is 2.34. The second-order valence-corrected chi connectivity index (χ2v) is 20.8. The van der Waals surface area contributed by atoms with E-state index in [2.05, 4.69) is 30.6 Å². The molecule has 0 saturated heterocycles. The summed E-state index contributed by atoms with van der Waals surface area (Å²) in [5.74, 6) is 0.398. The van der Waals surface area contributed by atoms with E-state index in [0.717, 1.165) is 48.4 Å². The Labute approximate surface area is 405 Å². The number of aromatic amines is 1. The highest BCUT2D eigenvalue weighted by atomic mass is 32.2. The maximum Gasteiger partial charge on any atom is 0.434 e. The number of pyridine rings is 3. The van der Waals surface area contributed by atoms with Gasteiger partial charge in [-0.1, -0.05) is 54.2 Å². The first kappa shape index (κ1) is 46.5. The number of amides is 2. The van der Waals surface area contributed by atoms with Crippen LogP contribution >= 0.6 is 11.8 Å². The van der Waals surface area contributed by atoms with Crippen LogP contribution in [-0.2, 0) is 38.9 Å². The van der Waals surface area contributed by atoms with Crippen LogP contribution in [0.5, 0.6) is 11.5 Å². The number of H-pyrrole nitrogens is 1. The molecule has 4 aromatic carbocycles. The topological polar surface area (TPSA) is 208 Å². The fourth-order valence-electron chi connectivity index (χ4n) is 7.48. The molecule has 2 amide bonds. The van der Waals surface area contributed by atoms with Crippen molar-refractivity contribution < 1.29 is 48.7 Å². The van der Waals surface area contributed by atoms with E-state index in [0.29, 0.717) is 28.3 Å². The molecule has 71 heavy (non-hydrogen) atoms. The van der Waals surface area contributed by atoms with Crippen LogP contribution in [0, 0.1) is 0 Å². The number of alkyl halides is 3. The normalized spacial score (nSPS) is 12.4. The second-order valence-electron chi connectivity index (χ2n) is 15.8. The number of fused-ring (bicyclic) bond motifs is 5. The van der Waals surface area contributed by atoms with Crippen molar-refractivity contribution in [1.29, 1.82) is 0 Å². The maximum atomic E-state index is 13.5. The van der Waals surface area contributed by atoms with Gasteiger partial charge in [-0.05, 0) is 96.1 Å². The lowest BCUT2D eigenvalue weighted by Crippen LogP contribution is -2.23. The van der Waals surface area contributed by atoms with E-state index in [1.807, 2.05) is 30.3 Å². The molecule has 0 atom stereocenters. The number of carbonyl (C=O) groups is 2. The summed E-state index contributed by atoms with van der Waals surface area (Å²) in [6, 6.07) is 34.2. The number of ether oxygens (including phenoxy) is 1. The molecular weight excluding hydrogens is 980 g/mol.